The van der Waals surface area contributed by atoms with E-state index in [-0.39, 0.29) is 5.78 Å². The molecule has 0 fully saturated rings. The number of hydrogen-bond acceptors (Lipinski definition) is 5. The molecule has 30 heavy (non-hydrogen) atoms. The molecule has 1 aromatic carbocycles. The van der Waals surface area contributed by atoms with Gasteiger partial charge < -0.3 is 15.2 Å². The molecule has 0 spiro atoms. The fourth-order valence-electron chi connectivity index (χ4n) is 4.22. The molecule has 1 aromatic heterocycles. The number of Topliss-reactive ketones (excluding diaryl/α,β-unsaturated/α-hetero) is 1. The molecule has 1 aliphatic carbocycles. The quantitative estimate of drug-likeness (QED) is 0.407. The lowest BCUT2D eigenvalue weighted by Crippen LogP contribution is -2.22. The summed E-state index contributed by atoms with van der Waals surface area (Å²) in [4.78, 5) is 15.6. The fraction of sp³-hybridized carbons (Fsp3) is 0.560. The van der Waals surface area contributed by atoms with Gasteiger partial charge in [0, 0.05) is 17.4 Å². The standard InChI is InChI=1S/C25H35NO3S/c1-5-23-20-16-25(2,3)12-11-19(20)24(30-23)21(27)10-8-17-7-9-18(15-22(17)28-4)29-14-6-13-26/h7,9,15H,5-6,8,10-14,16,26H2,1-4H3. The number of fused-ring (bicyclic) bond motifs is 1. The van der Waals surface area contributed by atoms with Gasteiger partial charge >= 0.3 is 0 Å². The number of hydrogen-bond donors (Lipinski definition) is 1. The number of thiophene rings is 1. The molecule has 0 aliphatic heterocycles. The Morgan fingerprint density at radius 2 is 2.07 bits per heavy atom. The SMILES string of the molecule is CCc1sc(C(=O)CCc2ccc(OCCCN)cc2OC)c2c1CC(C)(C)CC2. The third-order valence-electron chi connectivity index (χ3n) is 5.98. The summed E-state index contributed by atoms with van der Waals surface area (Å²) in [6.07, 6.45) is 6.27. The second-order valence-corrected chi connectivity index (χ2v) is 10.00. The summed E-state index contributed by atoms with van der Waals surface area (Å²) in [6, 6.07) is 5.86. The van der Waals surface area contributed by atoms with Crippen molar-refractivity contribution in [1.82, 2.24) is 0 Å². The zero-order valence-corrected chi connectivity index (χ0v) is 19.6. The van der Waals surface area contributed by atoms with Gasteiger partial charge in [-0.25, -0.2) is 0 Å². The molecule has 1 heterocycles. The molecule has 0 unspecified atom stereocenters. The van der Waals surface area contributed by atoms with Crippen LogP contribution in [0.4, 0.5) is 0 Å². The minimum Gasteiger partial charge on any atom is -0.496 e. The zero-order chi connectivity index (χ0) is 21.7. The van der Waals surface area contributed by atoms with Crippen LogP contribution in [0.5, 0.6) is 11.5 Å². The number of ketones is 1. The molecule has 0 radical (unpaired) electrons. The molecular weight excluding hydrogens is 394 g/mol. The summed E-state index contributed by atoms with van der Waals surface area (Å²) in [7, 11) is 1.66. The van der Waals surface area contributed by atoms with Crippen LogP contribution in [0, 0.1) is 5.41 Å². The van der Waals surface area contributed by atoms with Crippen LogP contribution in [0.1, 0.15) is 71.3 Å². The van der Waals surface area contributed by atoms with Crippen LogP contribution in [0.3, 0.4) is 0 Å². The summed E-state index contributed by atoms with van der Waals surface area (Å²) in [5.74, 6) is 1.82. The van der Waals surface area contributed by atoms with Crippen molar-refractivity contribution in [3.8, 4) is 11.5 Å². The van der Waals surface area contributed by atoms with Crippen molar-refractivity contribution in [2.75, 3.05) is 20.3 Å². The molecule has 2 N–H and O–H groups in total. The average molecular weight is 430 g/mol. The number of aryl methyl sites for hydroxylation is 2. The summed E-state index contributed by atoms with van der Waals surface area (Å²) >= 11 is 1.73. The van der Waals surface area contributed by atoms with Crippen molar-refractivity contribution in [1.29, 1.82) is 0 Å². The van der Waals surface area contributed by atoms with E-state index in [1.807, 2.05) is 18.2 Å². The number of ether oxygens (including phenoxy) is 2. The van der Waals surface area contributed by atoms with E-state index in [1.54, 1.807) is 18.4 Å². The van der Waals surface area contributed by atoms with Crippen molar-refractivity contribution in [3.05, 3.63) is 44.6 Å². The van der Waals surface area contributed by atoms with Crippen LogP contribution >= 0.6 is 11.3 Å². The molecule has 3 rings (SSSR count). The highest BCUT2D eigenvalue weighted by Gasteiger charge is 2.31. The predicted octanol–water partition coefficient (Wildman–Crippen LogP) is 5.38. The van der Waals surface area contributed by atoms with Crippen LogP contribution < -0.4 is 15.2 Å². The molecule has 0 saturated carbocycles. The Kier molecular flexibility index (Phi) is 7.59. The first-order valence-corrected chi connectivity index (χ1v) is 11.9. The maximum Gasteiger partial charge on any atom is 0.173 e. The Morgan fingerprint density at radius 3 is 2.77 bits per heavy atom. The highest BCUT2D eigenvalue weighted by molar-refractivity contribution is 7.14. The molecule has 1 aliphatic rings. The van der Waals surface area contributed by atoms with E-state index in [1.165, 1.54) is 16.0 Å². The summed E-state index contributed by atoms with van der Waals surface area (Å²) in [5.41, 5.74) is 9.68. The Labute approximate surface area is 184 Å². The lowest BCUT2D eigenvalue weighted by molar-refractivity contribution is 0.0985. The van der Waals surface area contributed by atoms with Gasteiger partial charge in [0.25, 0.3) is 0 Å². The molecular formula is C25H35NO3S. The van der Waals surface area contributed by atoms with Crippen LogP contribution in [0.2, 0.25) is 0 Å². The van der Waals surface area contributed by atoms with Gasteiger partial charge in [-0.3, -0.25) is 4.79 Å². The second-order valence-electron chi connectivity index (χ2n) is 8.89. The summed E-state index contributed by atoms with van der Waals surface area (Å²) < 4.78 is 11.3. The van der Waals surface area contributed by atoms with E-state index >= 15 is 0 Å². The monoisotopic (exact) mass is 429 g/mol. The summed E-state index contributed by atoms with van der Waals surface area (Å²) in [5, 5.41) is 0. The Morgan fingerprint density at radius 1 is 1.27 bits per heavy atom. The van der Waals surface area contributed by atoms with Gasteiger partial charge in [0.15, 0.2) is 5.78 Å². The molecule has 164 valence electrons. The van der Waals surface area contributed by atoms with E-state index in [9.17, 15) is 4.79 Å². The van der Waals surface area contributed by atoms with Gasteiger partial charge in [-0.15, -0.1) is 11.3 Å². The highest BCUT2D eigenvalue weighted by atomic mass is 32.1. The third-order valence-corrected chi connectivity index (χ3v) is 7.44. The molecule has 4 nitrogen and oxygen atoms in total. The average Bonchev–Trinajstić information content (AvgIpc) is 3.09. The van der Waals surface area contributed by atoms with E-state index in [0.29, 0.717) is 31.4 Å². The van der Waals surface area contributed by atoms with Gasteiger partial charge in [0.1, 0.15) is 11.5 Å². The first-order chi connectivity index (χ1) is 14.4. The smallest absolute Gasteiger partial charge is 0.173 e. The largest absolute Gasteiger partial charge is 0.496 e. The fourth-order valence-corrected chi connectivity index (χ4v) is 5.49. The maximum absolute atomic E-state index is 13.2. The molecule has 0 amide bonds. The van der Waals surface area contributed by atoms with Crippen LogP contribution in [0.15, 0.2) is 18.2 Å². The molecule has 0 bridgehead atoms. The molecule has 0 saturated heterocycles. The number of benzene rings is 1. The second kappa shape index (κ2) is 9.97. The first kappa shape index (κ1) is 22.8. The van der Waals surface area contributed by atoms with Gasteiger partial charge in [0.2, 0.25) is 0 Å². The number of carbonyl (C=O) groups is 1. The van der Waals surface area contributed by atoms with Gasteiger partial charge in [-0.1, -0.05) is 26.8 Å². The van der Waals surface area contributed by atoms with Crippen molar-refractivity contribution in [2.45, 2.75) is 65.7 Å². The highest BCUT2D eigenvalue weighted by Crippen LogP contribution is 2.42. The Balaban J connectivity index is 1.71. The van der Waals surface area contributed by atoms with Crippen molar-refractivity contribution in [2.24, 2.45) is 11.1 Å². The minimum absolute atomic E-state index is 0.265. The van der Waals surface area contributed by atoms with Crippen LogP contribution in [0.25, 0.3) is 0 Å². The lowest BCUT2D eigenvalue weighted by atomic mass is 9.74. The van der Waals surface area contributed by atoms with Gasteiger partial charge in [-0.05, 0) is 73.2 Å². The predicted molar refractivity (Wildman–Crippen MR) is 124 cm³/mol. The number of carbonyl (C=O) groups excluding carboxylic acids is 1. The van der Waals surface area contributed by atoms with Crippen LogP contribution in [-0.4, -0.2) is 26.0 Å². The topological polar surface area (TPSA) is 61.5 Å². The number of methoxy groups -OCH3 is 1. The summed E-state index contributed by atoms with van der Waals surface area (Å²) in [6.45, 7) is 8.08. The molecule has 0 atom stereocenters. The zero-order valence-electron chi connectivity index (χ0n) is 18.8. The Bertz CT molecular complexity index is 885. The molecule has 5 heteroatoms. The van der Waals surface area contributed by atoms with Gasteiger partial charge in [0.05, 0.1) is 18.6 Å². The third kappa shape index (κ3) is 5.25. The van der Waals surface area contributed by atoms with Crippen molar-refractivity contribution < 1.29 is 14.3 Å². The first-order valence-electron chi connectivity index (χ1n) is 11.0. The van der Waals surface area contributed by atoms with Crippen molar-refractivity contribution in [3.63, 3.8) is 0 Å². The minimum atomic E-state index is 0.265. The van der Waals surface area contributed by atoms with E-state index < -0.39 is 0 Å². The van der Waals surface area contributed by atoms with Crippen LogP contribution in [-0.2, 0) is 25.7 Å². The Hall–Kier alpha value is -1.85. The number of rotatable bonds is 10. The number of nitrogens with two attached hydrogens (primary N) is 1. The molecule has 2 aromatic rings. The normalized spacial score (nSPS) is 15.0. The van der Waals surface area contributed by atoms with E-state index in [2.05, 4.69) is 20.8 Å². The van der Waals surface area contributed by atoms with Gasteiger partial charge in [-0.2, -0.15) is 0 Å². The van der Waals surface area contributed by atoms with Crippen molar-refractivity contribution >= 4 is 17.1 Å². The van der Waals surface area contributed by atoms with E-state index in [4.69, 9.17) is 15.2 Å². The maximum atomic E-state index is 13.2. The lowest BCUT2D eigenvalue weighted by Gasteiger charge is -2.30. The van der Waals surface area contributed by atoms with E-state index in [0.717, 1.165) is 54.0 Å².